The van der Waals surface area contributed by atoms with E-state index in [2.05, 4.69) is 265 Å². The van der Waals surface area contributed by atoms with Gasteiger partial charge in [-0.25, -0.2) is 0 Å². The van der Waals surface area contributed by atoms with Gasteiger partial charge in [-0.1, -0.05) is 149 Å². The first-order valence-corrected chi connectivity index (χ1v) is 26.0. The van der Waals surface area contributed by atoms with Crippen LogP contribution in [0.3, 0.4) is 0 Å². The molecular formula is C70H48N6. The SMILES string of the molecule is CC1(C)c2ccccc2N(c2c3ccc(C#N)cc3c(N3c4ccccc4C(C)(C)c4cc5c(cc43)c3ccccc3n5-c3ccccc3)c3ccc(C#N)cc23)c2cc3c4ccccc4n(-c4ccccc4)c3cc21. The molecule has 0 atom stereocenters. The third-order valence-electron chi connectivity index (χ3n) is 16.8. The van der Waals surface area contributed by atoms with Crippen LogP contribution in [0.2, 0.25) is 0 Å². The Labute approximate surface area is 440 Å². The van der Waals surface area contributed by atoms with E-state index >= 15 is 0 Å². The van der Waals surface area contributed by atoms with Gasteiger partial charge in [0.25, 0.3) is 0 Å². The molecule has 0 aliphatic carbocycles. The molecule has 0 fully saturated rings. The summed E-state index contributed by atoms with van der Waals surface area (Å²) in [6.45, 7) is 9.38. The maximum absolute atomic E-state index is 10.9. The standard InChI is InChI=1S/C70H48N6/c1-69(2)55-25-13-17-29-61(55)75(65-37-51-47-23-11-15-27-59(47)73(63(51)39-57(65)69)45-19-7-5-8-20-45)67-49-33-31-44(42-72)36-54(49)68(50-34-32-43(41-71)35-53(50)67)76-62-30-18-14-26-56(62)70(3,4)58-40-64-52(38-66(58)76)48-24-12-16-28-60(48)74(64)46-21-9-6-10-22-46/h5-40H,1-4H3. The van der Waals surface area contributed by atoms with Crippen LogP contribution < -0.4 is 9.80 Å². The summed E-state index contributed by atoms with van der Waals surface area (Å²) in [6.07, 6.45) is 0. The Morgan fingerprint density at radius 2 is 0.684 bits per heavy atom. The van der Waals surface area contributed by atoms with Crippen molar-refractivity contribution in [1.82, 2.24) is 9.13 Å². The van der Waals surface area contributed by atoms with Gasteiger partial charge in [0.1, 0.15) is 0 Å². The van der Waals surface area contributed by atoms with Crippen molar-refractivity contribution in [2.24, 2.45) is 0 Å². The van der Waals surface area contributed by atoms with Gasteiger partial charge in [0, 0.05) is 65.3 Å². The Hall–Kier alpha value is -9.88. The highest BCUT2D eigenvalue weighted by Crippen LogP contribution is 2.60. The Bertz CT molecular complexity index is 4430. The normalized spacial score (nSPS) is 14.2. The molecule has 2 aliphatic rings. The third-order valence-corrected chi connectivity index (χ3v) is 16.8. The number of anilines is 6. The number of nitrogens with zero attached hydrogens (tertiary/aromatic N) is 6. The van der Waals surface area contributed by atoms with E-state index in [0.29, 0.717) is 11.1 Å². The van der Waals surface area contributed by atoms with Gasteiger partial charge in [0.2, 0.25) is 0 Å². The number of aromatic nitrogens is 2. The summed E-state index contributed by atoms with van der Waals surface area (Å²) in [5.74, 6) is 0. The molecule has 0 bridgehead atoms. The molecule has 0 unspecified atom stereocenters. The average Bonchev–Trinajstić information content (AvgIpc) is 3.98. The van der Waals surface area contributed by atoms with Crippen LogP contribution in [0.25, 0.3) is 76.5 Å². The quantitative estimate of drug-likeness (QED) is 0.165. The van der Waals surface area contributed by atoms with Crippen LogP contribution >= 0.6 is 0 Å². The zero-order valence-electron chi connectivity index (χ0n) is 42.5. The zero-order valence-corrected chi connectivity index (χ0v) is 42.5. The van der Waals surface area contributed by atoms with Crippen LogP contribution in [0.15, 0.2) is 218 Å². The van der Waals surface area contributed by atoms with Crippen LogP contribution in [0.1, 0.15) is 61.1 Å². The molecule has 13 aromatic rings. The van der Waals surface area contributed by atoms with E-state index in [1.165, 1.54) is 33.0 Å². The first-order valence-electron chi connectivity index (χ1n) is 26.0. The predicted octanol–water partition coefficient (Wildman–Crippen LogP) is 18.1. The van der Waals surface area contributed by atoms with Crippen molar-refractivity contribution in [3.05, 3.63) is 252 Å². The fraction of sp³-hybridized carbons (Fsp3) is 0.0857. The largest absolute Gasteiger partial charge is 0.309 e. The van der Waals surface area contributed by atoms with Crippen molar-refractivity contribution in [3.63, 3.8) is 0 Å². The van der Waals surface area contributed by atoms with Gasteiger partial charge >= 0.3 is 0 Å². The highest BCUT2D eigenvalue weighted by molar-refractivity contribution is 6.25. The summed E-state index contributed by atoms with van der Waals surface area (Å²) in [4.78, 5) is 4.93. The van der Waals surface area contributed by atoms with Crippen LogP contribution in [-0.4, -0.2) is 9.13 Å². The molecule has 358 valence electrons. The Kier molecular flexibility index (Phi) is 9.09. The topological polar surface area (TPSA) is 63.9 Å². The van der Waals surface area contributed by atoms with Crippen molar-refractivity contribution < 1.29 is 0 Å². The molecule has 76 heavy (non-hydrogen) atoms. The van der Waals surface area contributed by atoms with Gasteiger partial charge in [-0.3, -0.25) is 0 Å². The number of rotatable bonds is 4. The van der Waals surface area contributed by atoms with E-state index in [9.17, 15) is 10.5 Å². The van der Waals surface area contributed by atoms with Gasteiger partial charge < -0.3 is 18.9 Å². The lowest BCUT2D eigenvalue weighted by atomic mass is 9.72. The van der Waals surface area contributed by atoms with Gasteiger partial charge in [-0.05, 0) is 119 Å². The van der Waals surface area contributed by atoms with E-state index < -0.39 is 10.8 Å². The lowest BCUT2D eigenvalue weighted by Gasteiger charge is -2.44. The third kappa shape index (κ3) is 5.90. The van der Waals surface area contributed by atoms with Crippen molar-refractivity contribution >= 4 is 99.3 Å². The molecule has 0 N–H and O–H groups in total. The maximum Gasteiger partial charge on any atom is 0.0991 e. The molecule has 4 heterocycles. The molecule has 0 spiro atoms. The minimum absolute atomic E-state index is 0.408. The summed E-state index contributed by atoms with van der Waals surface area (Å²) in [7, 11) is 0. The van der Waals surface area contributed by atoms with Gasteiger partial charge in [-0.15, -0.1) is 0 Å². The van der Waals surface area contributed by atoms with Crippen molar-refractivity contribution in [1.29, 1.82) is 10.5 Å². The minimum atomic E-state index is -0.408. The summed E-state index contributed by atoms with van der Waals surface area (Å²) in [6, 6.07) is 83.5. The van der Waals surface area contributed by atoms with Crippen molar-refractivity contribution in [2.45, 2.75) is 38.5 Å². The van der Waals surface area contributed by atoms with Crippen molar-refractivity contribution in [3.8, 4) is 23.5 Å². The molecule has 11 aromatic carbocycles. The fourth-order valence-electron chi connectivity index (χ4n) is 13.3. The number of fused-ring (bicyclic) bond motifs is 12. The number of para-hydroxylation sites is 6. The molecule has 0 amide bonds. The van der Waals surface area contributed by atoms with Gasteiger partial charge in [0.15, 0.2) is 0 Å². The first kappa shape index (κ1) is 43.7. The molecular weight excluding hydrogens is 925 g/mol. The summed E-state index contributed by atoms with van der Waals surface area (Å²) >= 11 is 0. The fourth-order valence-corrected chi connectivity index (χ4v) is 13.3. The number of benzene rings is 11. The van der Waals surface area contributed by atoms with E-state index in [0.717, 1.165) is 99.9 Å². The van der Waals surface area contributed by atoms with E-state index in [1.54, 1.807) is 0 Å². The minimum Gasteiger partial charge on any atom is -0.309 e. The predicted molar refractivity (Wildman–Crippen MR) is 313 cm³/mol. The molecule has 2 aliphatic heterocycles. The monoisotopic (exact) mass is 972 g/mol. The number of nitriles is 2. The van der Waals surface area contributed by atoms with Gasteiger partial charge in [0.05, 0.1) is 79.5 Å². The Morgan fingerprint density at radius 1 is 0.303 bits per heavy atom. The molecule has 0 radical (unpaired) electrons. The molecule has 6 heteroatoms. The Balaban J connectivity index is 1.08. The average molecular weight is 973 g/mol. The lowest BCUT2D eigenvalue weighted by Crippen LogP contribution is -2.31. The Morgan fingerprint density at radius 3 is 1.11 bits per heavy atom. The van der Waals surface area contributed by atoms with E-state index in [-0.39, 0.29) is 0 Å². The summed E-state index contributed by atoms with van der Waals surface area (Å²) < 4.78 is 4.80. The van der Waals surface area contributed by atoms with Crippen molar-refractivity contribution in [2.75, 3.05) is 9.80 Å². The van der Waals surface area contributed by atoms with Gasteiger partial charge in [-0.2, -0.15) is 10.5 Å². The molecule has 0 saturated carbocycles. The van der Waals surface area contributed by atoms with Crippen LogP contribution in [0.5, 0.6) is 0 Å². The first-order chi connectivity index (χ1) is 37.1. The van der Waals surface area contributed by atoms with E-state index in [1.807, 2.05) is 12.1 Å². The second-order valence-electron chi connectivity index (χ2n) is 21.5. The molecule has 2 aromatic heterocycles. The second-order valence-corrected chi connectivity index (χ2v) is 21.5. The highest BCUT2D eigenvalue weighted by Gasteiger charge is 2.42. The summed E-state index contributed by atoms with van der Waals surface area (Å²) in [5, 5.41) is 30.2. The zero-order chi connectivity index (χ0) is 51.2. The highest BCUT2D eigenvalue weighted by atomic mass is 15.2. The molecule has 15 rings (SSSR count). The van der Waals surface area contributed by atoms with Crippen LogP contribution in [0.4, 0.5) is 34.1 Å². The summed E-state index contributed by atoms with van der Waals surface area (Å²) in [5.41, 5.74) is 18.1. The number of hydrogen-bond acceptors (Lipinski definition) is 4. The number of hydrogen-bond donors (Lipinski definition) is 0. The molecule has 6 nitrogen and oxygen atoms in total. The lowest BCUT2D eigenvalue weighted by molar-refractivity contribution is 0.632. The van der Waals surface area contributed by atoms with Crippen LogP contribution in [-0.2, 0) is 10.8 Å². The smallest absolute Gasteiger partial charge is 0.0991 e. The van der Waals surface area contributed by atoms with E-state index in [4.69, 9.17) is 0 Å². The maximum atomic E-state index is 10.9. The second kappa shape index (κ2) is 15.8. The van der Waals surface area contributed by atoms with Crippen LogP contribution in [0, 0.1) is 22.7 Å². The molecule has 0 saturated heterocycles.